The summed E-state index contributed by atoms with van der Waals surface area (Å²) in [5, 5.41) is 3.97. The third-order valence-electron chi connectivity index (χ3n) is 3.76. The molecule has 1 aromatic rings. The lowest BCUT2D eigenvalue weighted by molar-refractivity contribution is -0.140. The minimum Gasteiger partial charge on any atom is -0.480 e. The van der Waals surface area contributed by atoms with Crippen LogP contribution >= 0.6 is 24.0 Å². The first kappa shape index (κ1) is 15.4. The molecule has 2 aliphatic rings. The quantitative estimate of drug-likeness (QED) is 0.860. The van der Waals surface area contributed by atoms with Gasteiger partial charge in [-0.15, -0.1) is 12.4 Å². The molecule has 3 rings (SSSR count). The van der Waals surface area contributed by atoms with Gasteiger partial charge >= 0.3 is 0 Å². The van der Waals surface area contributed by atoms with Gasteiger partial charge in [0, 0.05) is 37.1 Å². The summed E-state index contributed by atoms with van der Waals surface area (Å²) in [6.07, 6.45) is 0.222. The van der Waals surface area contributed by atoms with E-state index in [0.29, 0.717) is 11.4 Å². The summed E-state index contributed by atoms with van der Waals surface area (Å²) in [5.74, 6) is 0.867. The van der Waals surface area contributed by atoms with Gasteiger partial charge in [-0.2, -0.15) is 0 Å². The summed E-state index contributed by atoms with van der Waals surface area (Å²) in [7, 11) is 0. The number of hydrogen-bond acceptors (Lipinski definition) is 3. The summed E-state index contributed by atoms with van der Waals surface area (Å²) in [5.41, 5.74) is 1.02. The van der Waals surface area contributed by atoms with Gasteiger partial charge in [0.25, 0.3) is 5.91 Å². The standard InChI is InChI=1S/C14H17ClN2O2.ClH/c1-9-8-16-4-5-17(9)14(18)13-7-10-6-11(15)2-3-12(10)19-13;/h2-3,6,9,13,16H,4-5,7-8H2,1H3;1H/t9-,13?;/m0./s1. The van der Waals surface area contributed by atoms with Crippen molar-refractivity contribution in [2.45, 2.75) is 25.5 Å². The van der Waals surface area contributed by atoms with Gasteiger partial charge in [-0.3, -0.25) is 4.79 Å². The van der Waals surface area contributed by atoms with Crippen molar-refractivity contribution in [2.75, 3.05) is 19.6 Å². The molecule has 2 heterocycles. The van der Waals surface area contributed by atoms with Crippen LogP contribution in [0.2, 0.25) is 5.02 Å². The summed E-state index contributed by atoms with van der Waals surface area (Å²) in [4.78, 5) is 14.4. The van der Waals surface area contributed by atoms with E-state index in [0.717, 1.165) is 30.9 Å². The van der Waals surface area contributed by atoms with Crippen LogP contribution in [0.5, 0.6) is 5.75 Å². The SMILES string of the molecule is C[C@H]1CNCCN1C(=O)C1Cc2cc(Cl)ccc2O1.Cl. The number of carbonyl (C=O) groups is 1. The van der Waals surface area contributed by atoms with Gasteiger partial charge in [-0.25, -0.2) is 0 Å². The van der Waals surface area contributed by atoms with E-state index in [4.69, 9.17) is 16.3 Å². The predicted octanol–water partition coefficient (Wildman–Crippen LogP) is 1.89. The smallest absolute Gasteiger partial charge is 0.264 e. The zero-order valence-electron chi connectivity index (χ0n) is 11.3. The molecule has 6 heteroatoms. The third kappa shape index (κ3) is 2.87. The molecule has 0 radical (unpaired) electrons. The zero-order chi connectivity index (χ0) is 13.4. The van der Waals surface area contributed by atoms with Gasteiger partial charge in [-0.1, -0.05) is 11.6 Å². The van der Waals surface area contributed by atoms with E-state index < -0.39 is 6.10 Å². The maximum atomic E-state index is 12.5. The number of benzene rings is 1. The molecule has 2 aliphatic heterocycles. The Hall–Kier alpha value is -0.970. The Labute approximate surface area is 129 Å². The highest BCUT2D eigenvalue weighted by Crippen LogP contribution is 2.31. The van der Waals surface area contributed by atoms with Gasteiger partial charge < -0.3 is 15.0 Å². The third-order valence-corrected chi connectivity index (χ3v) is 3.99. The maximum Gasteiger partial charge on any atom is 0.264 e. The van der Waals surface area contributed by atoms with E-state index in [2.05, 4.69) is 12.2 Å². The van der Waals surface area contributed by atoms with Gasteiger partial charge in [0.05, 0.1) is 0 Å². The molecule has 1 fully saturated rings. The van der Waals surface area contributed by atoms with Crippen molar-refractivity contribution in [2.24, 2.45) is 0 Å². The average molecular weight is 317 g/mol. The number of fused-ring (bicyclic) bond motifs is 1. The average Bonchev–Trinajstić information content (AvgIpc) is 2.81. The number of nitrogens with zero attached hydrogens (tertiary/aromatic N) is 1. The van der Waals surface area contributed by atoms with Gasteiger partial charge in [0.2, 0.25) is 0 Å². The topological polar surface area (TPSA) is 41.6 Å². The highest BCUT2D eigenvalue weighted by Gasteiger charge is 2.35. The molecule has 1 aromatic carbocycles. The molecule has 4 nitrogen and oxygen atoms in total. The van der Waals surface area contributed by atoms with Crippen molar-refractivity contribution in [1.29, 1.82) is 0 Å². The van der Waals surface area contributed by atoms with E-state index in [1.54, 1.807) is 6.07 Å². The zero-order valence-corrected chi connectivity index (χ0v) is 12.8. The second kappa shape index (κ2) is 6.20. The Morgan fingerprint density at radius 3 is 3.05 bits per heavy atom. The Morgan fingerprint density at radius 1 is 1.50 bits per heavy atom. The summed E-state index contributed by atoms with van der Waals surface area (Å²) in [6.45, 7) is 4.50. The van der Waals surface area contributed by atoms with E-state index in [-0.39, 0.29) is 24.4 Å². The number of halogens is 2. The van der Waals surface area contributed by atoms with E-state index >= 15 is 0 Å². The molecule has 0 aliphatic carbocycles. The molecular weight excluding hydrogens is 299 g/mol. The molecule has 0 saturated carbocycles. The molecule has 20 heavy (non-hydrogen) atoms. The normalized spacial score (nSPS) is 24.6. The van der Waals surface area contributed by atoms with Crippen LogP contribution in [-0.2, 0) is 11.2 Å². The highest BCUT2D eigenvalue weighted by molar-refractivity contribution is 6.30. The lowest BCUT2D eigenvalue weighted by atomic mass is 10.1. The number of amides is 1. The van der Waals surface area contributed by atoms with Gasteiger partial charge in [0.15, 0.2) is 6.10 Å². The molecular formula is C14H18Cl2N2O2. The van der Waals surface area contributed by atoms with Crippen molar-refractivity contribution < 1.29 is 9.53 Å². The van der Waals surface area contributed by atoms with Crippen LogP contribution in [0.3, 0.4) is 0 Å². The number of piperazine rings is 1. The first-order valence-corrected chi connectivity index (χ1v) is 6.99. The number of carbonyl (C=O) groups excluding carboxylic acids is 1. The summed E-state index contributed by atoms with van der Waals surface area (Å²) >= 11 is 5.96. The van der Waals surface area contributed by atoms with Crippen molar-refractivity contribution in [3.63, 3.8) is 0 Å². The first-order chi connectivity index (χ1) is 9.15. The lowest BCUT2D eigenvalue weighted by Gasteiger charge is -2.35. The Balaban J connectivity index is 0.00000147. The molecule has 0 aromatic heterocycles. The number of ether oxygens (including phenoxy) is 1. The second-order valence-electron chi connectivity index (χ2n) is 5.15. The molecule has 2 atom stereocenters. The fourth-order valence-electron chi connectivity index (χ4n) is 2.71. The highest BCUT2D eigenvalue weighted by atomic mass is 35.5. The minimum absolute atomic E-state index is 0. The van der Waals surface area contributed by atoms with Gasteiger partial charge in [0.1, 0.15) is 5.75 Å². The molecule has 0 bridgehead atoms. The van der Waals surface area contributed by atoms with E-state index in [1.165, 1.54) is 0 Å². The largest absolute Gasteiger partial charge is 0.480 e. The van der Waals surface area contributed by atoms with E-state index in [1.807, 2.05) is 17.0 Å². The van der Waals surface area contributed by atoms with E-state index in [9.17, 15) is 4.79 Å². The van der Waals surface area contributed by atoms with Gasteiger partial charge in [-0.05, 0) is 30.7 Å². The Bertz CT molecular complexity index is 510. The fourth-order valence-corrected chi connectivity index (χ4v) is 2.90. The molecule has 1 amide bonds. The van der Waals surface area contributed by atoms with Crippen LogP contribution in [0.1, 0.15) is 12.5 Å². The Kier molecular flexibility index (Phi) is 4.78. The molecule has 0 spiro atoms. The molecule has 1 saturated heterocycles. The van der Waals surface area contributed by atoms with Crippen LogP contribution in [0.4, 0.5) is 0 Å². The van der Waals surface area contributed by atoms with Crippen LogP contribution in [0.25, 0.3) is 0 Å². The van der Waals surface area contributed by atoms with Crippen molar-refractivity contribution in [3.05, 3.63) is 28.8 Å². The summed E-state index contributed by atoms with van der Waals surface area (Å²) < 4.78 is 5.76. The van der Waals surface area contributed by atoms with Crippen molar-refractivity contribution in [3.8, 4) is 5.75 Å². The monoisotopic (exact) mass is 316 g/mol. The van der Waals surface area contributed by atoms with Crippen LogP contribution in [0.15, 0.2) is 18.2 Å². The van der Waals surface area contributed by atoms with Crippen molar-refractivity contribution in [1.82, 2.24) is 10.2 Å². The second-order valence-corrected chi connectivity index (χ2v) is 5.58. The number of hydrogen-bond donors (Lipinski definition) is 1. The lowest BCUT2D eigenvalue weighted by Crippen LogP contribution is -2.55. The van der Waals surface area contributed by atoms with Crippen LogP contribution in [-0.4, -0.2) is 42.6 Å². The van der Waals surface area contributed by atoms with Crippen molar-refractivity contribution >= 4 is 29.9 Å². The number of nitrogens with one attached hydrogen (secondary N) is 1. The predicted molar refractivity (Wildman–Crippen MR) is 80.9 cm³/mol. The number of rotatable bonds is 1. The fraction of sp³-hybridized carbons (Fsp3) is 0.500. The molecule has 110 valence electrons. The molecule has 1 N–H and O–H groups in total. The Morgan fingerprint density at radius 2 is 2.30 bits per heavy atom. The van der Waals surface area contributed by atoms with Crippen LogP contribution in [0, 0.1) is 0 Å². The maximum absolute atomic E-state index is 12.5. The van der Waals surface area contributed by atoms with Crippen LogP contribution < -0.4 is 10.1 Å². The first-order valence-electron chi connectivity index (χ1n) is 6.61. The minimum atomic E-state index is -0.394. The summed E-state index contributed by atoms with van der Waals surface area (Å²) in [6, 6.07) is 5.73. The molecule has 1 unspecified atom stereocenters.